The van der Waals surface area contributed by atoms with Gasteiger partial charge in [-0.1, -0.05) is 23.2 Å². The minimum absolute atomic E-state index is 0.361. The van der Waals surface area contributed by atoms with Crippen LogP contribution >= 0.6 is 45.8 Å². The molecule has 0 saturated heterocycles. The number of aromatic nitrogens is 8. The summed E-state index contributed by atoms with van der Waals surface area (Å²) in [6, 6.07) is 0. The van der Waals surface area contributed by atoms with Crippen LogP contribution in [0.2, 0.25) is 10.3 Å². The van der Waals surface area contributed by atoms with Gasteiger partial charge in [0, 0.05) is 0 Å². The van der Waals surface area contributed by atoms with Crippen molar-refractivity contribution >= 4 is 68.1 Å². The predicted molar refractivity (Wildman–Crippen MR) is 86.1 cm³/mol. The molecule has 4 aromatic heterocycles. The van der Waals surface area contributed by atoms with E-state index >= 15 is 0 Å². The van der Waals surface area contributed by atoms with Gasteiger partial charge in [0.05, 0.1) is 18.6 Å². The van der Waals surface area contributed by atoms with E-state index in [0.29, 0.717) is 21.6 Å². The number of hydrogen-bond donors (Lipinski definition) is 2. The van der Waals surface area contributed by atoms with Crippen LogP contribution in [0.4, 0.5) is 0 Å². The van der Waals surface area contributed by atoms with Crippen molar-refractivity contribution in [2.45, 2.75) is 0 Å². The van der Waals surface area contributed by atoms with Crippen molar-refractivity contribution in [3.63, 3.8) is 0 Å². The predicted octanol–water partition coefficient (Wildman–Crippen LogP) is 2.62. The van der Waals surface area contributed by atoms with Crippen LogP contribution in [0.15, 0.2) is 18.6 Å². The van der Waals surface area contributed by atoms with Crippen molar-refractivity contribution < 1.29 is 0 Å². The molecule has 0 aliphatic heterocycles. The van der Waals surface area contributed by atoms with Gasteiger partial charge in [0.1, 0.15) is 25.0 Å². The molecule has 0 unspecified atom stereocenters. The molecule has 0 saturated carbocycles. The van der Waals surface area contributed by atoms with Crippen LogP contribution in [-0.4, -0.2) is 40.3 Å². The van der Waals surface area contributed by atoms with Crippen LogP contribution in [0.5, 0.6) is 0 Å². The first kappa shape index (κ1) is 14.4. The van der Waals surface area contributed by atoms with Crippen molar-refractivity contribution in [2.24, 2.45) is 0 Å². The van der Waals surface area contributed by atoms with E-state index in [1.807, 2.05) is 0 Å². The highest BCUT2D eigenvalue weighted by molar-refractivity contribution is 14.1. The standard InChI is InChI=1S/C5H2ClIN4.C5H3ClN4/c6-2-1-8-3-4(7)10-11-5(3)9-2;6-4-2-7-3-1-8-10-5(3)9-4/h1H,(H,9,10,11);1-2H,(H,8,9,10). The third-order valence-electron chi connectivity index (χ3n) is 2.32. The Bertz CT molecular complexity index is 904. The second-order valence-electron chi connectivity index (χ2n) is 3.70. The largest absolute Gasteiger partial charge is 0.268 e. The lowest BCUT2D eigenvalue weighted by Gasteiger charge is -1.86. The number of nitrogens with zero attached hydrogens (tertiary/aromatic N) is 6. The van der Waals surface area contributed by atoms with Crippen LogP contribution in [0.25, 0.3) is 22.3 Å². The molecule has 4 rings (SSSR count). The fourth-order valence-electron chi connectivity index (χ4n) is 1.45. The third kappa shape index (κ3) is 3.19. The maximum absolute atomic E-state index is 5.60. The molecule has 8 nitrogen and oxygen atoms in total. The van der Waals surface area contributed by atoms with Gasteiger partial charge >= 0.3 is 0 Å². The van der Waals surface area contributed by atoms with Gasteiger partial charge in [-0.2, -0.15) is 10.2 Å². The van der Waals surface area contributed by atoms with E-state index in [2.05, 4.69) is 62.9 Å². The van der Waals surface area contributed by atoms with Gasteiger partial charge in [0.15, 0.2) is 5.65 Å². The minimum Gasteiger partial charge on any atom is -0.268 e. The number of rotatable bonds is 0. The van der Waals surface area contributed by atoms with Crippen LogP contribution in [0.1, 0.15) is 0 Å². The number of nitrogens with one attached hydrogen (secondary N) is 2. The maximum atomic E-state index is 5.60. The summed E-state index contributed by atoms with van der Waals surface area (Å²) in [6.45, 7) is 0. The fraction of sp³-hybridized carbons (Fsp3) is 0. The Hall–Kier alpha value is -1.59. The number of aromatic amines is 2. The lowest BCUT2D eigenvalue weighted by molar-refractivity contribution is 1.08. The molecule has 106 valence electrons. The lowest BCUT2D eigenvalue weighted by Crippen LogP contribution is -1.81. The van der Waals surface area contributed by atoms with Crippen LogP contribution in [0.3, 0.4) is 0 Å². The fourth-order valence-corrected chi connectivity index (χ4v) is 2.22. The maximum Gasteiger partial charge on any atom is 0.202 e. The van der Waals surface area contributed by atoms with E-state index in [1.54, 1.807) is 6.20 Å². The van der Waals surface area contributed by atoms with Crippen molar-refractivity contribution in [2.75, 3.05) is 0 Å². The first-order valence-corrected chi connectivity index (χ1v) is 7.30. The van der Waals surface area contributed by atoms with Crippen LogP contribution in [-0.2, 0) is 0 Å². The average Bonchev–Trinajstić information content (AvgIpc) is 3.06. The van der Waals surface area contributed by atoms with Gasteiger partial charge in [-0.3, -0.25) is 10.2 Å². The Kier molecular flexibility index (Phi) is 4.12. The number of hydrogen-bond acceptors (Lipinski definition) is 6. The smallest absolute Gasteiger partial charge is 0.202 e. The zero-order valence-electron chi connectivity index (χ0n) is 10.0. The van der Waals surface area contributed by atoms with Crippen molar-refractivity contribution in [3.05, 3.63) is 32.6 Å². The molecular weight excluding hydrogens is 430 g/mol. The summed E-state index contributed by atoms with van der Waals surface area (Å²) in [7, 11) is 0. The summed E-state index contributed by atoms with van der Waals surface area (Å²) in [4.78, 5) is 15.9. The summed E-state index contributed by atoms with van der Waals surface area (Å²) in [5.41, 5.74) is 2.66. The van der Waals surface area contributed by atoms with Crippen molar-refractivity contribution in [1.82, 2.24) is 40.3 Å². The van der Waals surface area contributed by atoms with Gasteiger partial charge in [-0.05, 0) is 22.6 Å². The molecule has 0 fully saturated rings. The molecule has 11 heteroatoms. The van der Waals surface area contributed by atoms with E-state index < -0.39 is 0 Å². The van der Waals surface area contributed by atoms with E-state index in [1.165, 1.54) is 12.4 Å². The molecule has 0 atom stereocenters. The Morgan fingerprint density at radius 1 is 0.952 bits per heavy atom. The lowest BCUT2D eigenvalue weighted by atomic mass is 10.6. The molecule has 0 aliphatic rings. The second-order valence-corrected chi connectivity index (χ2v) is 5.55. The molecule has 21 heavy (non-hydrogen) atoms. The van der Waals surface area contributed by atoms with E-state index in [9.17, 15) is 0 Å². The minimum atomic E-state index is 0.361. The SMILES string of the molecule is Clc1cnc2c(I)[nH]nc2n1.Clc1cnc2cn[nH]c2n1. The van der Waals surface area contributed by atoms with E-state index in [0.717, 1.165) is 14.7 Å². The molecule has 0 aromatic carbocycles. The first-order chi connectivity index (χ1) is 10.1. The summed E-state index contributed by atoms with van der Waals surface area (Å²) in [5, 5.41) is 13.8. The van der Waals surface area contributed by atoms with E-state index in [4.69, 9.17) is 23.2 Å². The molecule has 0 amide bonds. The number of fused-ring (bicyclic) bond motifs is 2. The quantitative estimate of drug-likeness (QED) is 0.412. The number of halogens is 3. The van der Waals surface area contributed by atoms with Gasteiger partial charge in [-0.25, -0.2) is 19.9 Å². The summed E-state index contributed by atoms with van der Waals surface area (Å²) in [5.74, 6) is 0. The van der Waals surface area contributed by atoms with Crippen LogP contribution in [0, 0.1) is 3.70 Å². The zero-order valence-corrected chi connectivity index (χ0v) is 13.7. The third-order valence-corrected chi connectivity index (χ3v) is 3.44. The Labute approximate surface area is 140 Å². The Morgan fingerprint density at radius 2 is 1.71 bits per heavy atom. The van der Waals surface area contributed by atoms with Gasteiger partial charge < -0.3 is 0 Å². The van der Waals surface area contributed by atoms with Crippen LogP contribution < -0.4 is 0 Å². The summed E-state index contributed by atoms with van der Waals surface area (Å²) < 4.78 is 0.877. The van der Waals surface area contributed by atoms with Gasteiger partial charge in [0.2, 0.25) is 5.65 Å². The molecule has 0 radical (unpaired) electrons. The molecular formula is C10H5Cl2IN8. The van der Waals surface area contributed by atoms with Crippen molar-refractivity contribution in [3.8, 4) is 0 Å². The summed E-state index contributed by atoms with van der Waals surface area (Å²) in [6.07, 6.45) is 4.58. The highest BCUT2D eigenvalue weighted by Crippen LogP contribution is 2.14. The molecule has 0 bridgehead atoms. The topological polar surface area (TPSA) is 109 Å². The van der Waals surface area contributed by atoms with E-state index in [-0.39, 0.29) is 0 Å². The Morgan fingerprint density at radius 3 is 2.57 bits per heavy atom. The molecule has 2 N–H and O–H groups in total. The number of H-pyrrole nitrogens is 2. The highest BCUT2D eigenvalue weighted by atomic mass is 127. The monoisotopic (exact) mass is 434 g/mol. The van der Waals surface area contributed by atoms with Crippen molar-refractivity contribution in [1.29, 1.82) is 0 Å². The van der Waals surface area contributed by atoms with Gasteiger partial charge in [-0.15, -0.1) is 0 Å². The van der Waals surface area contributed by atoms with Gasteiger partial charge in [0.25, 0.3) is 0 Å². The molecule has 0 aliphatic carbocycles. The zero-order chi connectivity index (χ0) is 14.8. The first-order valence-electron chi connectivity index (χ1n) is 5.47. The average molecular weight is 435 g/mol. The molecule has 4 heterocycles. The normalized spacial score (nSPS) is 10.6. The Balaban J connectivity index is 0.000000126. The molecule has 4 aromatic rings. The molecule has 0 spiro atoms. The second kappa shape index (κ2) is 6.03. The summed E-state index contributed by atoms with van der Waals surface area (Å²) >= 11 is 13.3. The highest BCUT2D eigenvalue weighted by Gasteiger charge is 2.04.